The van der Waals surface area contributed by atoms with Gasteiger partial charge in [-0.2, -0.15) is 0 Å². The Kier molecular flexibility index (Phi) is 7.72. The zero-order valence-electron chi connectivity index (χ0n) is 14.0. The number of hydrogen-bond donors (Lipinski definition) is 1. The Balaban J connectivity index is 1.82. The van der Waals surface area contributed by atoms with Crippen molar-refractivity contribution in [2.24, 2.45) is 0 Å². The zero-order valence-corrected chi connectivity index (χ0v) is 15.6. The van der Waals surface area contributed by atoms with Gasteiger partial charge >= 0.3 is 0 Å². The van der Waals surface area contributed by atoms with Crippen LogP contribution in [0.4, 0.5) is 0 Å². The van der Waals surface area contributed by atoms with E-state index in [0.29, 0.717) is 19.7 Å². The number of ether oxygens (including phenoxy) is 1. The van der Waals surface area contributed by atoms with Crippen LogP contribution in [0.1, 0.15) is 22.9 Å². The molecule has 0 saturated heterocycles. The molecule has 2 aromatic rings. The van der Waals surface area contributed by atoms with Crippen LogP contribution >= 0.6 is 22.9 Å². The summed E-state index contributed by atoms with van der Waals surface area (Å²) in [5, 5.41) is 2.98. The third kappa shape index (κ3) is 6.24. The largest absolute Gasteiger partial charge is 0.380 e. The molecule has 2 rings (SSSR count). The Labute approximate surface area is 152 Å². The second kappa shape index (κ2) is 9.79. The molecule has 0 aliphatic rings. The Morgan fingerprint density at radius 2 is 2.08 bits per heavy atom. The average Bonchev–Trinajstić information content (AvgIpc) is 2.98. The van der Waals surface area contributed by atoms with Gasteiger partial charge in [0.05, 0.1) is 17.5 Å². The van der Waals surface area contributed by atoms with E-state index in [-0.39, 0.29) is 5.91 Å². The first-order valence-corrected chi connectivity index (χ1v) is 9.10. The molecule has 0 aliphatic heterocycles. The molecule has 0 bridgehead atoms. The molecule has 6 heteroatoms. The van der Waals surface area contributed by atoms with Gasteiger partial charge in [-0.05, 0) is 29.8 Å². The Hall–Kier alpha value is -1.40. The molecule has 0 spiro atoms. The summed E-state index contributed by atoms with van der Waals surface area (Å²) in [4.78, 5) is 15.5. The summed E-state index contributed by atoms with van der Waals surface area (Å²) in [5.74, 6) is 0.0247. The first kappa shape index (κ1) is 18.9. The standard InChI is InChI=1S/C18H23ClN2O2S/c1-3-21(11-16-7-8-17(19)24-16)12-18(22)20-10-14-5-4-6-15(9-14)13-23-2/h4-9H,3,10-13H2,1-2H3,(H,20,22). The predicted octanol–water partition coefficient (Wildman–Crippen LogP) is 3.69. The molecule has 0 fully saturated rings. The zero-order chi connectivity index (χ0) is 17.4. The maximum Gasteiger partial charge on any atom is 0.234 e. The summed E-state index contributed by atoms with van der Waals surface area (Å²) >= 11 is 7.51. The van der Waals surface area contributed by atoms with E-state index >= 15 is 0 Å². The normalized spacial score (nSPS) is 11.0. The number of thiophene rings is 1. The summed E-state index contributed by atoms with van der Waals surface area (Å²) in [7, 11) is 1.68. The molecule has 0 unspecified atom stereocenters. The van der Waals surface area contributed by atoms with Crippen LogP contribution in [0.5, 0.6) is 0 Å². The second-order valence-electron chi connectivity index (χ2n) is 5.54. The number of amides is 1. The van der Waals surface area contributed by atoms with Crippen molar-refractivity contribution in [3.8, 4) is 0 Å². The number of nitrogens with one attached hydrogen (secondary N) is 1. The number of carbonyl (C=O) groups excluding carboxylic acids is 1. The summed E-state index contributed by atoms with van der Waals surface area (Å²) < 4.78 is 5.91. The highest BCUT2D eigenvalue weighted by atomic mass is 35.5. The van der Waals surface area contributed by atoms with Crippen LogP contribution in [0.2, 0.25) is 4.34 Å². The van der Waals surface area contributed by atoms with E-state index in [0.717, 1.165) is 28.6 Å². The van der Waals surface area contributed by atoms with Crippen molar-refractivity contribution in [2.45, 2.75) is 26.6 Å². The lowest BCUT2D eigenvalue weighted by atomic mass is 10.1. The Bertz CT molecular complexity index is 660. The molecule has 1 aromatic heterocycles. The highest BCUT2D eigenvalue weighted by Gasteiger charge is 2.11. The van der Waals surface area contributed by atoms with E-state index in [9.17, 15) is 4.79 Å². The fraction of sp³-hybridized carbons (Fsp3) is 0.389. The minimum Gasteiger partial charge on any atom is -0.380 e. The molecule has 4 nitrogen and oxygen atoms in total. The highest BCUT2D eigenvalue weighted by molar-refractivity contribution is 7.16. The van der Waals surface area contributed by atoms with Gasteiger partial charge in [-0.1, -0.05) is 42.8 Å². The molecule has 1 amide bonds. The topological polar surface area (TPSA) is 41.6 Å². The highest BCUT2D eigenvalue weighted by Crippen LogP contribution is 2.22. The number of halogens is 1. The van der Waals surface area contributed by atoms with Crippen molar-refractivity contribution in [3.63, 3.8) is 0 Å². The van der Waals surface area contributed by atoms with Crippen LogP contribution in [0.25, 0.3) is 0 Å². The van der Waals surface area contributed by atoms with E-state index in [4.69, 9.17) is 16.3 Å². The van der Waals surface area contributed by atoms with Gasteiger partial charge in [-0.3, -0.25) is 9.69 Å². The number of carbonyl (C=O) groups is 1. The van der Waals surface area contributed by atoms with Crippen LogP contribution in [-0.2, 0) is 29.2 Å². The van der Waals surface area contributed by atoms with Crippen molar-refractivity contribution >= 4 is 28.8 Å². The van der Waals surface area contributed by atoms with Crippen LogP contribution in [-0.4, -0.2) is 31.0 Å². The van der Waals surface area contributed by atoms with E-state index in [1.54, 1.807) is 18.4 Å². The van der Waals surface area contributed by atoms with Gasteiger partial charge in [0.1, 0.15) is 0 Å². The number of benzene rings is 1. The monoisotopic (exact) mass is 366 g/mol. The van der Waals surface area contributed by atoms with Gasteiger partial charge in [0, 0.05) is 25.1 Å². The smallest absolute Gasteiger partial charge is 0.234 e. The van der Waals surface area contributed by atoms with Crippen LogP contribution in [0.3, 0.4) is 0 Å². The summed E-state index contributed by atoms with van der Waals surface area (Å²) in [6, 6.07) is 11.9. The number of likely N-dealkylation sites (N-methyl/N-ethyl adjacent to an activating group) is 1. The minimum absolute atomic E-state index is 0.0247. The first-order valence-electron chi connectivity index (χ1n) is 7.90. The summed E-state index contributed by atoms with van der Waals surface area (Å²) in [6.07, 6.45) is 0. The molecule has 0 aliphatic carbocycles. The first-order chi connectivity index (χ1) is 11.6. The molecule has 0 radical (unpaired) electrons. The van der Waals surface area contributed by atoms with Crippen molar-refractivity contribution in [1.29, 1.82) is 0 Å². The maximum absolute atomic E-state index is 12.2. The fourth-order valence-corrected chi connectivity index (χ4v) is 3.52. The predicted molar refractivity (Wildman–Crippen MR) is 99.3 cm³/mol. The van der Waals surface area contributed by atoms with E-state index in [2.05, 4.69) is 23.2 Å². The van der Waals surface area contributed by atoms with E-state index in [1.165, 1.54) is 4.88 Å². The molecule has 1 aromatic carbocycles. The number of rotatable bonds is 9. The summed E-state index contributed by atoms with van der Waals surface area (Å²) in [6.45, 7) is 5.09. The van der Waals surface area contributed by atoms with Crippen molar-refractivity contribution in [2.75, 3.05) is 20.2 Å². The minimum atomic E-state index is 0.0247. The Morgan fingerprint density at radius 3 is 2.75 bits per heavy atom. The lowest BCUT2D eigenvalue weighted by Crippen LogP contribution is -2.36. The van der Waals surface area contributed by atoms with Gasteiger partial charge in [0.25, 0.3) is 0 Å². The molecule has 0 atom stereocenters. The molecule has 24 heavy (non-hydrogen) atoms. The lowest BCUT2D eigenvalue weighted by molar-refractivity contribution is -0.122. The van der Waals surface area contributed by atoms with Gasteiger partial charge in [-0.25, -0.2) is 0 Å². The van der Waals surface area contributed by atoms with Crippen LogP contribution < -0.4 is 5.32 Å². The maximum atomic E-state index is 12.2. The van der Waals surface area contributed by atoms with Crippen LogP contribution in [0.15, 0.2) is 36.4 Å². The van der Waals surface area contributed by atoms with E-state index in [1.807, 2.05) is 30.3 Å². The van der Waals surface area contributed by atoms with Gasteiger partial charge in [0.15, 0.2) is 0 Å². The second-order valence-corrected chi connectivity index (χ2v) is 7.34. The van der Waals surface area contributed by atoms with Gasteiger partial charge in [0.2, 0.25) is 5.91 Å². The van der Waals surface area contributed by atoms with Crippen LogP contribution in [0, 0.1) is 0 Å². The fourth-order valence-electron chi connectivity index (χ4n) is 2.39. The average molecular weight is 367 g/mol. The molecular weight excluding hydrogens is 344 g/mol. The molecule has 0 saturated carbocycles. The van der Waals surface area contributed by atoms with Gasteiger partial charge in [-0.15, -0.1) is 11.3 Å². The molecule has 130 valence electrons. The number of methoxy groups -OCH3 is 1. The molecular formula is C18H23ClN2O2S. The molecule has 1 heterocycles. The quantitative estimate of drug-likeness (QED) is 0.736. The third-order valence-corrected chi connectivity index (χ3v) is 4.83. The van der Waals surface area contributed by atoms with Gasteiger partial charge < -0.3 is 10.1 Å². The van der Waals surface area contributed by atoms with Crippen molar-refractivity contribution in [1.82, 2.24) is 10.2 Å². The lowest BCUT2D eigenvalue weighted by Gasteiger charge is -2.19. The number of nitrogens with zero attached hydrogens (tertiary/aromatic N) is 1. The van der Waals surface area contributed by atoms with Crippen molar-refractivity contribution in [3.05, 3.63) is 56.7 Å². The SMILES string of the molecule is CCN(CC(=O)NCc1cccc(COC)c1)Cc1ccc(Cl)s1. The molecule has 1 N–H and O–H groups in total. The third-order valence-electron chi connectivity index (χ3n) is 3.61. The Morgan fingerprint density at radius 1 is 1.29 bits per heavy atom. The van der Waals surface area contributed by atoms with Crippen molar-refractivity contribution < 1.29 is 9.53 Å². The van der Waals surface area contributed by atoms with E-state index < -0.39 is 0 Å². The number of hydrogen-bond acceptors (Lipinski definition) is 4. The summed E-state index contributed by atoms with van der Waals surface area (Å²) in [5.41, 5.74) is 2.18.